The molecule has 2 aromatic rings. The van der Waals surface area contributed by atoms with E-state index >= 15 is 0 Å². The zero-order valence-electron chi connectivity index (χ0n) is 15.3. The average Bonchev–Trinajstić information content (AvgIpc) is 3.40. The maximum atomic E-state index is 11.6. The molecule has 14 heteroatoms. The van der Waals surface area contributed by atoms with Crippen LogP contribution in [0.15, 0.2) is 47.5 Å². The van der Waals surface area contributed by atoms with Crippen molar-refractivity contribution in [3.8, 4) is 5.69 Å². The van der Waals surface area contributed by atoms with Crippen LogP contribution in [0.1, 0.15) is 18.5 Å². The Labute approximate surface area is 169 Å². The lowest BCUT2D eigenvalue weighted by molar-refractivity contribution is -0.193. The summed E-state index contributed by atoms with van der Waals surface area (Å²) in [6.07, 6.45) is -4.76. The number of carboxylic acid groups (broad SMARTS) is 2. The lowest BCUT2D eigenvalue weighted by Gasteiger charge is -2.09. The van der Waals surface area contributed by atoms with Crippen molar-refractivity contribution in [2.45, 2.75) is 30.7 Å². The summed E-state index contributed by atoms with van der Waals surface area (Å²) in [4.78, 5) is 33.8. The molecule has 2 heterocycles. The number of halogens is 6. The average molecular weight is 455 g/mol. The first-order valence-electron chi connectivity index (χ1n) is 8.11. The highest BCUT2D eigenvalue weighted by molar-refractivity contribution is 5.73. The molecule has 0 unspecified atom stereocenters. The first-order chi connectivity index (χ1) is 14.1. The number of carbonyl (C=O) groups is 2. The maximum absolute atomic E-state index is 11.6. The Bertz CT molecular complexity index is 942. The normalized spacial score (nSPS) is 14.3. The minimum Gasteiger partial charge on any atom is -0.475 e. The van der Waals surface area contributed by atoms with Crippen LogP contribution >= 0.6 is 0 Å². The summed E-state index contributed by atoms with van der Waals surface area (Å²) in [6.45, 7) is 0. The van der Waals surface area contributed by atoms with Gasteiger partial charge < -0.3 is 15.9 Å². The molecule has 2 aromatic heterocycles. The van der Waals surface area contributed by atoms with Gasteiger partial charge in [-0.1, -0.05) is 6.07 Å². The van der Waals surface area contributed by atoms with Crippen molar-refractivity contribution in [1.82, 2.24) is 9.55 Å². The van der Waals surface area contributed by atoms with E-state index in [1.807, 2.05) is 18.2 Å². The Hall–Kier alpha value is -3.42. The van der Waals surface area contributed by atoms with Gasteiger partial charge in [0.15, 0.2) is 0 Å². The van der Waals surface area contributed by atoms with Gasteiger partial charge in [-0.05, 0) is 31.0 Å². The van der Waals surface area contributed by atoms with E-state index in [0.717, 1.165) is 24.2 Å². The van der Waals surface area contributed by atoms with Gasteiger partial charge in [-0.25, -0.2) is 9.59 Å². The second-order valence-corrected chi connectivity index (χ2v) is 6.07. The zero-order chi connectivity index (χ0) is 24.0. The Morgan fingerprint density at radius 2 is 1.45 bits per heavy atom. The van der Waals surface area contributed by atoms with Crippen LogP contribution in [0, 0.1) is 0 Å². The van der Waals surface area contributed by atoms with Crippen LogP contribution in [0.5, 0.6) is 0 Å². The number of nitrogens with two attached hydrogens (primary N) is 1. The van der Waals surface area contributed by atoms with Gasteiger partial charge in [0.25, 0.3) is 5.56 Å². The van der Waals surface area contributed by atoms with E-state index in [1.54, 1.807) is 23.0 Å². The lowest BCUT2D eigenvalue weighted by atomic mass is 10.2. The second-order valence-electron chi connectivity index (χ2n) is 6.07. The molecule has 0 saturated heterocycles. The predicted octanol–water partition coefficient (Wildman–Crippen LogP) is 2.45. The van der Waals surface area contributed by atoms with Crippen LogP contribution in [0.3, 0.4) is 0 Å². The van der Waals surface area contributed by atoms with E-state index in [1.165, 1.54) is 6.07 Å². The second kappa shape index (κ2) is 9.59. The molecule has 31 heavy (non-hydrogen) atoms. The summed E-state index contributed by atoms with van der Waals surface area (Å²) >= 11 is 0. The van der Waals surface area contributed by atoms with Crippen LogP contribution in [0.25, 0.3) is 5.69 Å². The summed E-state index contributed by atoms with van der Waals surface area (Å²) in [7, 11) is 0. The Morgan fingerprint density at radius 1 is 0.968 bits per heavy atom. The summed E-state index contributed by atoms with van der Waals surface area (Å²) in [5.74, 6) is -5.51. The monoisotopic (exact) mass is 455 g/mol. The number of hydrogen-bond donors (Lipinski definition) is 3. The molecule has 0 amide bonds. The summed E-state index contributed by atoms with van der Waals surface area (Å²) in [6, 6.07) is 8.86. The minimum atomic E-state index is -5.08. The van der Waals surface area contributed by atoms with Gasteiger partial charge in [0.1, 0.15) is 0 Å². The molecule has 1 saturated carbocycles. The highest BCUT2D eigenvalue weighted by atomic mass is 19.4. The molecule has 1 aliphatic carbocycles. The number of pyridine rings is 2. The van der Waals surface area contributed by atoms with Crippen molar-refractivity contribution < 1.29 is 46.1 Å². The maximum Gasteiger partial charge on any atom is 0.490 e. The SMILES string of the molecule is NC1(c2ccc(-n3ccccc3=O)cn2)CC1.O=C(O)C(F)(F)F.O=C(O)C(F)(F)F. The van der Waals surface area contributed by atoms with E-state index in [9.17, 15) is 31.1 Å². The Morgan fingerprint density at radius 3 is 1.77 bits per heavy atom. The number of hydrogen-bond acceptors (Lipinski definition) is 5. The summed E-state index contributed by atoms with van der Waals surface area (Å²) in [5.41, 5.74) is 7.45. The number of nitrogens with zero attached hydrogens (tertiary/aromatic N) is 2. The fourth-order valence-corrected chi connectivity index (χ4v) is 1.85. The van der Waals surface area contributed by atoms with E-state index in [4.69, 9.17) is 25.5 Å². The number of carboxylic acids is 2. The van der Waals surface area contributed by atoms with Crippen LogP contribution in [-0.4, -0.2) is 44.1 Å². The summed E-state index contributed by atoms with van der Waals surface area (Å²) in [5, 5.41) is 14.2. The molecule has 170 valence electrons. The van der Waals surface area contributed by atoms with Gasteiger partial charge in [-0.3, -0.25) is 14.3 Å². The number of alkyl halides is 6. The van der Waals surface area contributed by atoms with Crippen LogP contribution in [-0.2, 0) is 15.1 Å². The fraction of sp³-hybridized carbons (Fsp3) is 0.294. The Balaban J connectivity index is 0.000000288. The topological polar surface area (TPSA) is 136 Å². The van der Waals surface area contributed by atoms with Crippen LogP contribution in [0.2, 0.25) is 0 Å². The molecule has 0 atom stereocenters. The van der Waals surface area contributed by atoms with E-state index in [-0.39, 0.29) is 11.1 Å². The standard InChI is InChI=1S/C13H13N3O.2C2HF3O2/c14-13(6-7-13)11-5-4-10(9-15-11)16-8-2-1-3-12(16)17;2*3-2(4,5)1(6)7/h1-5,8-9H,6-7,14H2;2*(H,6,7). The highest BCUT2D eigenvalue weighted by Crippen LogP contribution is 2.41. The van der Waals surface area contributed by atoms with Crippen LogP contribution in [0.4, 0.5) is 26.3 Å². The number of aliphatic carboxylic acids is 2. The lowest BCUT2D eigenvalue weighted by Crippen LogP contribution is -2.21. The Kier molecular flexibility index (Phi) is 7.93. The van der Waals surface area contributed by atoms with Crippen LogP contribution < -0.4 is 11.3 Å². The molecular formula is C17H15F6N3O5. The van der Waals surface area contributed by atoms with Gasteiger partial charge >= 0.3 is 24.3 Å². The molecule has 0 bridgehead atoms. The van der Waals surface area contributed by atoms with Crippen molar-refractivity contribution in [2.75, 3.05) is 0 Å². The fourth-order valence-electron chi connectivity index (χ4n) is 1.85. The van der Waals surface area contributed by atoms with Crippen molar-refractivity contribution in [3.05, 3.63) is 58.8 Å². The molecule has 1 fully saturated rings. The van der Waals surface area contributed by atoms with E-state index in [0.29, 0.717) is 0 Å². The molecule has 0 radical (unpaired) electrons. The summed E-state index contributed by atoms with van der Waals surface area (Å²) < 4.78 is 65.0. The van der Waals surface area contributed by atoms with E-state index in [2.05, 4.69) is 4.98 Å². The first kappa shape index (κ1) is 25.6. The number of rotatable bonds is 2. The van der Waals surface area contributed by atoms with Crippen molar-refractivity contribution >= 4 is 11.9 Å². The third kappa shape index (κ3) is 8.08. The molecule has 8 nitrogen and oxygen atoms in total. The van der Waals surface area contributed by atoms with Gasteiger partial charge in [0, 0.05) is 12.3 Å². The molecule has 0 aliphatic heterocycles. The highest BCUT2D eigenvalue weighted by Gasteiger charge is 2.41. The van der Waals surface area contributed by atoms with Gasteiger partial charge in [0.2, 0.25) is 0 Å². The predicted molar refractivity (Wildman–Crippen MR) is 92.3 cm³/mol. The molecule has 1 aliphatic rings. The van der Waals surface area contributed by atoms with Gasteiger partial charge in [-0.2, -0.15) is 26.3 Å². The molecule has 4 N–H and O–H groups in total. The third-order valence-electron chi connectivity index (χ3n) is 3.63. The number of aromatic nitrogens is 2. The third-order valence-corrected chi connectivity index (χ3v) is 3.63. The molecule has 0 aromatic carbocycles. The minimum absolute atomic E-state index is 0.0593. The molecule has 3 rings (SSSR count). The quantitative estimate of drug-likeness (QED) is 0.592. The van der Waals surface area contributed by atoms with Crippen molar-refractivity contribution in [3.63, 3.8) is 0 Å². The molecule has 0 spiro atoms. The zero-order valence-corrected chi connectivity index (χ0v) is 15.3. The van der Waals surface area contributed by atoms with E-state index < -0.39 is 24.3 Å². The van der Waals surface area contributed by atoms with Crippen molar-refractivity contribution in [2.24, 2.45) is 5.73 Å². The van der Waals surface area contributed by atoms with Gasteiger partial charge in [0.05, 0.1) is 23.1 Å². The van der Waals surface area contributed by atoms with Crippen molar-refractivity contribution in [1.29, 1.82) is 0 Å². The van der Waals surface area contributed by atoms with Gasteiger partial charge in [-0.15, -0.1) is 0 Å². The first-order valence-corrected chi connectivity index (χ1v) is 8.11. The molecular weight excluding hydrogens is 440 g/mol. The smallest absolute Gasteiger partial charge is 0.475 e. The largest absolute Gasteiger partial charge is 0.490 e.